The Hall–Kier alpha value is -1.82. The minimum atomic E-state index is -0.381. The molecule has 0 radical (unpaired) electrons. The smallest absolute Gasteiger partial charge is 0.292 e. The molecule has 0 fully saturated rings. The fourth-order valence-electron chi connectivity index (χ4n) is 1.93. The van der Waals surface area contributed by atoms with Gasteiger partial charge in [-0.3, -0.25) is 10.1 Å². The van der Waals surface area contributed by atoms with Crippen LogP contribution >= 0.6 is 15.9 Å². The Morgan fingerprint density at radius 3 is 2.90 bits per heavy atom. The van der Waals surface area contributed by atoms with E-state index >= 15 is 0 Å². The van der Waals surface area contributed by atoms with Crippen LogP contribution in [0.4, 0.5) is 11.4 Å². The van der Waals surface area contributed by atoms with Gasteiger partial charge >= 0.3 is 0 Å². The molecule has 20 heavy (non-hydrogen) atoms. The Labute approximate surface area is 125 Å². The van der Waals surface area contributed by atoms with Crippen LogP contribution in [0, 0.1) is 10.1 Å². The fraction of sp³-hybridized carbons (Fsp3) is 0.286. The molecule has 0 spiro atoms. The molecule has 1 atom stereocenters. The van der Waals surface area contributed by atoms with Crippen LogP contribution in [0.1, 0.15) is 19.1 Å². The van der Waals surface area contributed by atoms with Gasteiger partial charge in [0.15, 0.2) is 0 Å². The molecule has 0 saturated heterocycles. The normalized spacial score (nSPS) is 12.1. The van der Waals surface area contributed by atoms with Crippen LogP contribution in [0.15, 0.2) is 45.5 Å². The van der Waals surface area contributed by atoms with Crippen molar-refractivity contribution in [3.05, 3.63) is 56.9 Å². The number of anilines is 1. The van der Waals surface area contributed by atoms with E-state index in [-0.39, 0.29) is 16.7 Å². The predicted molar refractivity (Wildman–Crippen MR) is 80.9 cm³/mol. The molecular formula is C14H15BrN2O3. The maximum atomic E-state index is 11.0. The maximum Gasteiger partial charge on any atom is 0.292 e. The summed E-state index contributed by atoms with van der Waals surface area (Å²) in [7, 11) is 0. The summed E-state index contributed by atoms with van der Waals surface area (Å²) >= 11 is 3.33. The summed E-state index contributed by atoms with van der Waals surface area (Å²) in [5, 5.41) is 14.2. The third kappa shape index (κ3) is 3.84. The van der Waals surface area contributed by atoms with Gasteiger partial charge in [-0.1, -0.05) is 15.9 Å². The van der Waals surface area contributed by atoms with Crippen LogP contribution in [0.25, 0.3) is 0 Å². The zero-order chi connectivity index (χ0) is 14.5. The van der Waals surface area contributed by atoms with Crippen LogP contribution in [-0.4, -0.2) is 11.0 Å². The molecule has 0 saturated carbocycles. The second-order valence-electron chi connectivity index (χ2n) is 4.58. The van der Waals surface area contributed by atoms with E-state index in [4.69, 9.17) is 4.42 Å². The highest BCUT2D eigenvalue weighted by Crippen LogP contribution is 2.28. The molecule has 5 nitrogen and oxygen atoms in total. The number of aryl methyl sites for hydroxylation is 1. The third-order valence-electron chi connectivity index (χ3n) is 2.96. The lowest BCUT2D eigenvalue weighted by atomic mass is 10.1. The fourth-order valence-corrected chi connectivity index (χ4v) is 2.30. The van der Waals surface area contributed by atoms with Crippen LogP contribution in [0.2, 0.25) is 0 Å². The summed E-state index contributed by atoms with van der Waals surface area (Å²) in [6, 6.07) is 8.76. The first kappa shape index (κ1) is 14.6. The van der Waals surface area contributed by atoms with E-state index in [1.54, 1.807) is 18.4 Å². The Kier molecular flexibility index (Phi) is 4.79. The van der Waals surface area contributed by atoms with Crippen molar-refractivity contribution in [3.8, 4) is 0 Å². The molecule has 0 amide bonds. The van der Waals surface area contributed by atoms with Crippen molar-refractivity contribution >= 4 is 27.3 Å². The highest BCUT2D eigenvalue weighted by atomic mass is 79.9. The van der Waals surface area contributed by atoms with Crippen molar-refractivity contribution < 1.29 is 9.34 Å². The van der Waals surface area contributed by atoms with Gasteiger partial charge in [-0.15, -0.1) is 0 Å². The molecule has 0 aliphatic rings. The van der Waals surface area contributed by atoms with Gasteiger partial charge in [0.05, 0.1) is 11.2 Å². The molecule has 106 valence electrons. The largest absolute Gasteiger partial charge is 0.469 e. The summed E-state index contributed by atoms with van der Waals surface area (Å²) < 4.78 is 6.08. The van der Waals surface area contributed by atoms with E-state index in [9.17, 15) is 10.1 Å². The summed E-state index contributed by atoms with van der Waals surface area (Å²) in [6.45, 7) is 1.99. The Morgan fingerprint density at radius 2 is 2.25 bits per heavy atom. The Balaban J connectivity index is 2.01. The van der Waals surface area contributed by atoms with E-state index in [1.165, 1.54) is 6.07 Å². The SMILES string of the molecule is CC(CCc1ccco1)Nc1cc(Br)ccc1[N+](=O)[O-]. The summed E-state index contributed by atoms with van der Waals surface area (Å²) in [6.07, 6.45) is 3.27. The van der Waals surface area contributed by atoms with Crippen LogP contribution < -0.4 is 5.32 Å². The molecule has 1 unspecified atom stereocenters. The number of halogens is 1. The summed E-state index contributed by atoms with van der Waals surface area (Å²) in [5.74, 6) is 0.919. The lowest BCUT2D eigenvalue weighted by Crippen LogP contribution is -2.16. The number of benzene rings is 1. The zero-order valence-corrected chi connectivity index (χ0v) is 12.6. The topological polar surface area (TPSA) is 68.3 Å². The number of nitro benzene ring substituents is 1. The lowest BCUT2D eigenvalue weighted by Gasteiger charge is -2.15. The second kappa shape index (κ2) is 6.56. The third-order valence-corrected chi connectivity index (χ3v) is 3.45. The first-order valence-electron chi connectivity index (χ1n) is 6.29. The van der Waals surface area contributed by atoms with Gasteiger partial charge < -0.3 is 9.73 Å². The standard InChI is InChI=1S/C14H15BrN2O3/c1-10(4-6-12-3-2-8-20-12)16-13-9-11(15)5-7-14(13)17(18)19/h2-3,5,7-10,16H,4,6H2,1H3. The number of hydrogen-bond acceptors (Lipinski definition) is 4. The van der Waals surface area contributed by atoms with Crippen LogP contribution in [0.5, 0.6) is 0 Å². The van der Waals surface area contributed by atoms with E-state index in [1.807, 2.05) is 19.1 Å². The Bertz CT molecular complexity index is 584. The number of hydrogen-bond donors (Lipinski definition) is 1. The average molecular weight is 339 g/mol. The quantitative estimate of drug-likeness (QED) is 0.626. The van der Waals surface area contributed by atoms with Crippen LogP contribution in [-0.2, 0) is 6.42 Å². The number of rotatable bonds is 6. The monoisotopic (exact) mass is 338 g/mol. The molecular weight excluding hydrogens is 324 g/mol. The van der Waals surface area contributed by atoms with Crippen molar-refractivity contribution in [3.63, 3.8) is 0 Å². The van der Waals surface area contributed by atoms with Gasteiger partial charge in [-0.25, -0.2) is 0 Å². The summed E-state index contributed by atoms with van der Waals surface area (Å²) in [5.41, 5.74) is 0.606. The van der Waals surface area contributed by atoms with Gasteiger partial charge in [0.25, 0.3) is 5.69 Å². The van der Waals surface area contributed by atoms with Crippen molar-refractivity contribution in [1.29, 1.82) is 0 Å². The molecule has 1 aromatic heterocycles. The molecule has 2 rings (SSSR count). The molecule has 0 bridgehead atoms. The van der Waals surface area contributed by atoms with E-state index < -0.39 is 0 Å². The van der Waals surface area contributed by atoms with E-state index in [0.29, 0.717) is 5.69 Å². The van der Waals surface area contributed by atoms with Gasteiger partial charge in [-0.05, 0) is 37.6 Å². The first-order valence-corrected chi connectivity index (χ1v) is 7.08. The highest BCUT2D eigenvalue weighted by Gasteiger charge is 2.15. The van der Waals surface area contributed by atoms with Gasteiger partial charge in [0, 0.05) is 23.0 Å². The molecule has 1 N–H and O–H groups in total. The number of nitro groups is 1. The van der Waals surface area contributed by atoms with E-state index in [0.717, 1.165) is 23.1 Å². The minimum absolute atomic E-state index is 0.0815. The van der Waals surface area contributed by atoms with Crippen molar-refractivity contribution in [2.45, 2.75) is 25.8 Å². The first-order chi connectivity index (χ1) is 9.56. The molecule has 0 aliphatic heterocycles. The minimum Gasteiger partial charge on any atom is -0.469 e. The lowest BCUT2D eigenvalue weighted by molar-refractivity contribution is -0.384. The van der Waals surface area contributed by atoms with Gasteiger partial charge in [0.1, 0.15) is 11.4 Å². The van der Waals surface area contributed by atoms with Crippen LogP contribution in [0.3, 0.4) is 0 Å². The van der Waals surface area contributed by atoms with Crippen molar-refractivity contribution in [1.82, 2.24) is 0 Å². The number of furan rings is 1. The molecule has 6 heteroatoms. The predicted octanol–water partition coefficient (Wildman–Crippen LogP) is 4.38. The number of nitrogens with zero attached hydrogens (tertiary/aromatic N) is 1. The average Bonchev–Trinajstić information content (AvgIpc) is 2.89. The Morgan fingerprint density at radius 1 is 1.45 bits per heavy atom. The van der Waals surface area contributed by atoms with Crippen molar-refractivity contribution in [2.75, 3.05) is 5.32 Å². The zero-order valence-electron chi connectivity index (χ0n) is 11.0. The van der Waals surface area contributed by atoms with Crippen molar-refractivity contribution in [2.24, 2.45) is 0 Å². The molecule has 2 aromatic rings. The maximum absolute atomic E-state index is 11.0. The molecule has 0 aliphatic carbocycles. The highest BCUT2D eigenvalue weighted by molar-refractivity contribution is 9.10. The van der Waals surface area contributed by atoms with Gasteiger partial charge in [-0.2, -0.15) is 0 Å². The van der Waals surface area contributed by atoms with Gasteiger partial charge in [0.2, 0.25) is 0 Å². The summed E-state index contributed by atoms with van der Waals surface area (Å²) in [4.78, 5) is 10.6. The molecule has 1 heterocycles. The van der Waals surface area contributed by atoms with E-state index in [2.05, 4.69) is 21.2 Å². The molecule has 1 aromatic carbocycles. The second-order valence-corrected chi connectivity index (χ2v) is 5.50. The number of nitrogens with one attached hydrogen (secondary N) is 1.